The van der Waals surface area contributed by atoms with Crippen molar-refractivity contribution in [2.75, 3.05) is 22.9 Å². The number of aromatic nitrogens is 2. The van der Waals surface area contributed by atoms with E-state index in [1.165, 1.54) is 17.9 Å². The molecule has 0 radical (unpaired) electrons. The predicted octanol–water partition coefficient (Wildman–Crippen LogP) is 3.18. The van der Waals surface area contributed by atoms with Gasteiger partial charge in [0.25, 0.3) is 0 Å². The maximum atomic E-state index is 15.1. The van der Waals surface area contributed by atoms with Crippen molar-refractivity contribution in [1.29, 1.82) is 0 Å². The lowest BCUT2D eigenvalue weighted by atomic mass is 10.2. The molecule has 2 amide bonds. The summed E-state index contributed by atoms with van der Waals surface area (Å²) in [6, 6.07) is 14.6. The number of hydrogen-bond acceptors (Lipinski definition) is 6. The summed E-state index contributed by atoms with van der Waals surface area (Å²) in [6.07, 6.45) is 0.758. The van der Waals surface area contributed by atoms with Crippen LogP contribution in [0.5, 0.6) is 0 Å². The van der Waals surface area contributed by atoms with E-state index in [-0.39, 0.29) is 19.0 Å². The zero-order chi connectivity index (χ0) is 24.4. The second kappa shape index (κ2) is 9.75. The Morgan fingerprint density at radius 1 is 1.23 bits per heavy atom. The molecule has 35 heavy (non-hydrogen) atoms. The number of cyclic esters (lactones) is 1. The van der Waals surface area contributed by atoms with Crippen LogP contribution in [0, 0.1) is 5.82 Å². The van der Waals surface area contributed by atoms with E-state index in [0.717, 1.165) is 16.8 Å². The summed E-state index contributed by atoms with van der Waals surface area (Å²) in [4.78, 5) is 26.7. The fourth-order valence-corrected chi connectivity index (χ4v) is 4.33. The number of nitrogens with one attached hydrogen (secondary N) is 1. The molecule has 3 heterocycles. The number of fused-ring (bicyclic) bond motifs is 1. The van der Waals surface area contributed by atoms with Crippen molar-refractivity contribution in [2.24, 2.45) is 0 Å². The van der Waals surface area contributed by atoms with Crippen LogP contribution in [0.1, 0.15) is 23.7 Å². The first-order valence-electron chi connectivity index (χ1n) is 11.4. The minimum absolute atomic E-state index is 0.201. The highest BCUT2D eigenvalue weighted by atomic mass is 19.1. The van der Waals surface area contributed by atoms with Crippen LogP contribution in [0.25, 0.3) is 0 Å². The van der Waals surface area contributed by atoms with Crippen LogP contribution in [0.2, 0.25) is 0 Å². The normalized spacial score (nSPS) is 17.0. The molecule has 0 aliphatic carbocycles. The third-order valence-corrected chi connectivity index (χ3v) is 6.10. The van der Waals surface area contributed by atoms with E-state index in [9.17, 15) is 9.59 Å². The number of halogens is 1. The van der Waals surface area contributed by atoms with E-state index in [4.69, 9.17) is 9.47 Å². The highest BCUT2D eigenvalue weighted by Crippen LogP contribution is 2.33. The van der Waals surface area contributed by atoms with Gasteiger partial charge in [0.1, 0.15) is 18.7 Å². The molecule has 0 spiro atoms. The Morgan fingerprint density at radius 3 is 2.83 bits per heavy atom. The van der Waals surface area contributed by atoms with Crippen molar-refractivity contribution < 1.29 is 23.5 Å². The standard InChI is InChI=1S/C25H26FN5O4/c1-17(32)27-11-21-13-30(25(33)35-21)20-7-8-23(22(26)9-20)29-12-19-10-28-31(24(19)14-29)16-34-15-18-5-3-2-4-6-18/h2-10,21H,11-16H2,1H3,(H,27,32)/t21-/m0/s1. The van der Waals surface area contributed by atoms with Gasteiger partial charge in [0.2, 0.25) is 5.91 Å². The molecule has 1 atom stereocenters. The predicted molar refractivity (Wildman–Crippen MR) is 126 cm³/mol. The van der Waals surface area contributed by atoms with Crippen LogP contribution < -0.4 is 15.1 Å². The van der Waals surface area contributed by atoms with E-state index in [0.29, 0.717) is 37.8 Å². The smallest absolute Gasteiger partial charge is 0.414 e. The van der Waals surface area contributed by atoms with Gasteiger partial charge in [0, 0.05) is 19.0 Å². The lowest BCUT2D eigenvalue weighted by Crippen LogP contribution is -2.33. The molecule has 1 fully saturated rings. The minimum atomic E-state index is -0.559. The Balaban J connectivity index is 1.21. The Hall–Kier alpha value is -3.92. The molecule has 3 aromatic rings. The number of ether oxygens (including phenoxy) is 2. The maximum Gasteiger partial charge on any atom is 0.414 e. The number of anilines is 2. The highest BCUT2D eigenvalue weighted by molar-refractivity contribution is 5.90. The van der Waals surface area contributed by atoms with E-state index in [1.807, 2.05) is 35.2 Å². The van der Waals surface area contributed by atoms with Crippen LogP contribution >= 0.6 is 0 Å². The molecule has 10 heteroatoms. The highest BCUT2D eigenvalue weighted by Gasteiger charge is 2.33. The first kappa shape index (κ1) is 22.9. The zero-order valence-electron chi connectivity index (χ0n) is 19.3. The molecule has 1 aromatic heterocycles. The van der Waals surface area contributed by atoms with Crippen molar-refractivity contribution in [3.05, 3.63) is 77.4 Å². The SMILES string of the molecule is CC(=O)NC[C@H]1CN(c2ccc(N3Cc4cnn(COCc5ccccc5)c4C3)c(F)c2)C(=O)O1. The Kier molecular flexibility index (Phi) is 6.37. The van der Waals surface area contributed by atoms with Crippen molar-refractivity contribution in [2.45, 2.75) is 39.5 Å². The number of nitrogens with zero attached hydrogens (tertiary/aromatic N) is 4. The summed E-state index contributed by atoms with van der Waals surface area (Å²) in [6.45, 7) is 3.70. The summed E-state index contributed by atoms with van der Waals surface area (Å²) >= 11 is 0. The van der Waals surface area contributed by atoms with Crippen LogP contribution in [0.4, 0.5) is 20.6 Å². The number of benzene rings is 2. The second-order valence-corrected chi connectivity index (χ2v) is 8.62. The van der Waals surface area contributed by atoms with Crippen molar-refractivity contribution in [3.63, 3.8) is 0 Å². The van der Waals surface area contributed by atoms with Gasteiger partial charge in [0.15, 0.2) is 0 Å². The van der Waals surface area contributed by atoms with E-state index in [1.54, 1.807) is 23.0 Å². The summed E-state index contributed by atoms with van der Waals surface area (Å²) in [5, 5.41) is 7.04. The van der Waals surface area contributed by atoms with Gasteiger partial charge < -0.3 is 19.7 Å². The summed E-state index contributed by atoms with van der Waals surface area (Å²) in [5.41, 5.74) is 3.97. The lowest BCUT2D eigenvalue weighted by Gasteiger charge is -2.21. The zero-order valence-corrected chi connectivity index (χ0v) is 19.3. The first-order valence-corrected chi connectivity index (χ1v) is 11.4. The van der Waals surface area contributed by atoms with Gasteiger partial charge in [-0.15, -0.1) is 0 Å². The third kappa shape index (κ3) is 4.97. The Labute approximate surface area is 202 Å². The monoisotopic (exact) mass is 479 g/mol. The van der Waals surface area contributed by atoms with Gasteiger partial charge in [-0.05, 0) is 23.8 Å². The first-order chi connectivity index (χ1) is 17.0. The number of hydrogen-bond donors (Lipinski definition) is 1. The number of amides is 2. The van der Waals surface area contributed by atoms with Gasteiger partial charge >= 0.3 is 6.09 Å². The van der Waals surface area contributed by atoms with Gasteiger partial charge in [-0.3, -0.25) is 9.69 Å². The number of carbonyl (C=O) groups is 2. The summed E-state index contributed by atoms with van der Waals surface area (Å²) in [5.74, 6) is -0.627. The molecular weight excluding hydrogens is 453 g/mol. The van der Waals surface area contributed by atoms with E-state index < -0.39 is 18.0 Å². The fraction of sp³-hybridized carbons (Fsp3) is 0.320. The van der Waals surface area contributed by atoms with Crippen LogP contribution in [0.15, 0.2) is 54.7 Å². The summed E-state index contributed by atoms with van der Waals surface area (Å²) in [7, 11) is 0. The molecule has 2 aliphatic heterocycles. The molecule has 5 rings (SSSR count). The largest absolute Gasteiger partial charge is 0.442 e. The van der Waals surface area contributed by atoms with Crippen molar-refractivity contribution in [3.8, 4) is 0 Å². The van der Waals surface area contributed by atoms with Gasteiger partial charge in [-0.2, -0.15) is 5.10 Å². The topological polar surface area (TPSA) is 88.9 Å². The van der Waals surface area contributed by atoms with Crippen molar-refractivity contribution in [1.82, 2.24) is 15.1 Å². The molecule has 0 unspecified atom stereocenters. The quantitative estimate of drug-likeness (QED) is 0.534. The molecule has 2 aromatic carbocycles. The van der Waals surface area contributed by atoms with Gasteiger partial charge in [0.05, 0.1) is 49.5 Å². The molecule has 0 bridgehead atoms. The maximum absolute atomic E-state index is 15.1. The molecule has 9 nitrogen and oxygen atoms in total. The molecule has 1 saturated heterocycles. The molecular formula is C25H26FN5O4. The van der Waals surface area contributed by atoms with Crippen LogP contribution in [0.3, 0.4) is 0 Å². The molecule has 182 valence electrons. The molecule has 0 saturated carbocycles. The Bertz CT molecular complexity index is 1230. The van der Waals surface area contributed by atoms with Gasteiger partial charge in [-0.1, -0.05) is 30.3 Å². The van der Waals surface area contributed by atoms with E-state index in [2.05, 4.69) is 10.4 Å². The summed E-state index contributed by atoms with van der Waals surface area (Å²) < 4.78 is 28.0. The Morgan fingerprint density at radius 2 is 2.06 bits per heavy atom. The van der Waals surface area contributed by atoms with E-state index >= 15 is 4.39 Å². The average Bonchev–Trinajstić information content (AvgIpc) is 3.53. The van der Waals surface area contributed by atoms with Crippen molar-refractivity contribution >= 4 is 23.4 Å². The average molecular weight is 480 g/mol. The van der Waals surface area contributed by atoms with Crippen LogP contribution in [-0.2, 0) is 40.7 Å². The van der Waals surface area contributed by atoms with Gasteiger partial charge in [-0.25, -0.2) is 13.9 Å². The molecule has 2 aliphatic rings. The van der Waals surface area contributed by atoms with Crippen LogP contribution in [-0.4, -0.2) is 41.0 Å². The lowest BCUT2D eigenvalue weighted by molar-refractivity contribution is -0.119. The minimum Gasteiger partial charge on any atom is -0.442 e. The fourth-order valence-electron chi connectivity index (χ4n) is 4.33. The molecule has 1 N–H and O–H groups in total. The second-order valence-electron chi connectivity index (χ2n) is 8.62. The number of rotatable bonds is 8. The third-order valence-electron chi connectivity index (χ3n) is 6.10. The number of carbonyl (C=O) groups excluding carboxylic acids is 2.